The number of carbonyl (C=O) groups excluding carboxylic acids is 8. The Balaban J connectivity index is 1.40. The number of benzene rings is 3. The summed E-state index contributed by atoms with van der Waals surface area (Å²) in [4.78, 5) is 122. The predicted molar refractivity (Wildman–Crippen MR) is 243 cm³/mol. The molecule has 0 radical (unpaired) electrons. The van der Waals surface area contributed by atoms with Crippen molar-refractivity contribution in [2.75, 3.05) is 31.6 Å². The molecule has 3 aromatic rings. The van der Waals surface area contributed by atoms with E-state index in [0.717, 1.165) is 29.2 Å². The number of urea groups is 1. The van der Waals surface area contributed by atoms with Gasteiger partial charge < -0.3 is 45.9 Å². The van der Waals surface area contributed by atoms with Gasteiger partial charge in [0.2, 0.25) is 17.7 Å². The number of anilines is 1. The highest BCUT2D eigenvalue weighted by Crippen LogP contribution is 2.21. The Labute approximate surface area is 393 Å². The predicted octanol–water partition coefficient (Wildman–Crippen LogP) is 4.82. The summed E-state index contributed by atoms with van der Waals surface area (Å²) in [6.07, 6.45) is 3.29. The van der Waals surface area contributed by atoms with Crippen LogP contribution in [0.5, 0.6) is 11.5 Å². The van der Waals surface area contributed by atoms with Crippen molar-refractivity contribution in [1.82, 2.24) is 20.9 Å². The van der Waals surface area contributed by atoms with E-state index < -0.39 is 77.1 Å². The van der Waals surface area contributed by atoms with Crippen molar-refractivity contribution in [3.05, 3.63) is 116 Å². The minimum atomic E-state index is -1.20. The first-order chi connectivity index (χ1) is 32.9. The molecule has 4 rings (SSSR count). The first-order valence-electron chi connectivity index (χ1n) is 21.3. The first-order valence-corrected chi connectivity index (χ1v) is 21.3. The summed E-state index contributed by atoms with van der Waals surface area (Å²) in [5, 5.41) is 32.5. The maximum atomic E-state index is 13.7. The zero-order chi connectivity index (χ0) is 50.5. The second kappa shape index (κ2) is 26.4. The van der Waals surface area contributed by atoms with Crippen LogP contribution < -0.4 is 36.5 Å². The molecular formula is C45H50N8O16. The molecule has 0 unspecified atom stereocenters. The van der Waals surface area contributed by atoms with Gasteiger partial charge in [-0.2, -0.15) is 0 Å². The van der Waals surface area contributed by atoms with Gasteiger partial charge in [0, 0.05) is 67.2 Å². The molecule has 7 amide bonds. The van der Waals surface area contributed by atoms with Crippen LogP contribution in [0.4, 0.5) is 31.4 Å². The van der Waals surface area contributed by atoms with Crippen molar-refractivity contribution < 1.29 is 67.2 Å². The number of nitro benzene ring substituents is 2. The molecule has 2 atom stereocenters. The fourth-order valence-electron chi connectivity index (χ4n) is 6.29. The Hall–Kier alpha value is -8.70. The van der Waals surface area contributed by atoms with Crippen LogP contribution in [0, 0.1) is 26.1 Å². The number of unbranched alkanes of at least 4 members (excludes halogenated alkanes) is 2. The maximum Gasteiger partial charge on any atom is 0.514 e. The second-order valence-corrected chi connectivity index (χ2v) is 15.5. The van der Waals surface area contributed by atoms with Crippen molar-refractivity contribution in [3.63, 3.8) is 0 Å². The summed E-state index contributed by atoms with van der Waals surface area (Å²) in [6.45, 7) is 2.76. The maximum absolute atomic E-state index is 13.7. The van der Waals surface area contributed by atoms with E-state index in [1.807, 2.05) is 0 Å². The highest BCUT2D eigenvalue weighted by molar-refractivity contribution is 6.12. The summed E-state index contributed by atoms with van der Waals surface area (Å²) in [5.41, 5.74) is 5.61. The Kier molecular flexibility index (Phi) is 20.3. The Morgan fingerprint density at radius 1 is 0.710 bits per heavy atom. The summed E-state index contributed by atoms with van der Waals surface area (Å²) in [5.74, 6) is -2.96. The standard InChI is InChI=1S/C45H50N8O16/c1-28(2)40(50-37(54)8-4-3-5-24-51-38(55)21-22-39(51)56)42(58)49-36(7-6-23-47-43(46)59)41(57)48-31-11-9-29(10-12-31)25-30(26-66-44(60)68-34-17-13-32(14-18-34)52(62)63)27-67-45(61)69-35-19-15-33(16-20-35)53(64)65/h9-22,25,28,36,40H,3-8,23-24,26-27H2,1-2H3,(H,48,57)(H,49,58)(H,50,54)(H3,46,47,59)/t36-,40-/m0/s1. The van der Waals surface area contributed by atoms with E-state index in [1.165, 1.54) is 54.6 Å². The van der Waals surface area contributed by atoms with Crippen molar-refractivity contribution in [2.45, 2.75) is 64.5 Å². The van der Waals surface area contributed by atoms with E-state index in [9.17, 15) is 58.6 Å². The number of nitro groups is 2. The number of nitrogens with two attached hydrogens (primary N) is 1. The normalized spacial score (nSPS) is 12.5. The molecular weight excluding hydrogens is 909 g/mol. The average molecular weight is 959 g/mol. The van der Waals surface area contributed by atoms with Crippen molar-refractivity contribution in [3.8, 4) is 11.5 Å². The van der Waals surface area contributed by atoms with Gasteiger partial charge >= 0.3 is 18.3 Å². The second-order valence-electron chi connectivity index (χ2n) is 15.5. The van der Waals surface area contributed by atoms with E-state index in [1.54, 1.807) is 26.0 Å². The Morgan fingerprint density at radius 2 is 1.25 bits per heavy atom. The summed E-state index contributed by atoms with van der Waals surface area (Å²) in [6, 6.07) is 12.4. The first kappa shape index (κ1) is 52.9. The molecule has 0 saturated heterocycles. The number of non-ortho nitro benzene ring substituents is 2. The number of hydrogen-bond acceptors (Lipinski definition) is 16. The summed E-state index contributed by atoms with van der Waals surface area (Å²) >= 11 is 0. The van der Waals surface area contributed by atoms with Gasteiger partial charge in [-0.05, 0) is 79.6 Å². The van der Waals surface area contributed by atoms with E-state index in [0.29, 0.717) is 24.8 Å². The van der Waals surface area contributed by atoms with E-state index in [-0.39, 0.29) is 78.3 Å². The molecule has 0 spiro atoms. The van der Waals surface area contributed by atoms with Crippen LogP contribution in [0.3, 0.4) is 0 Å². The van der Waals surface area contributed by atoms with Gasteiger partial charge in [-0.1, -0.05) is 32.4 Å². The number of nitrogens with one attached hydrogen (secondary N) is 4. The number of ether oxygens (including phenoxy) is 4. The molecule has 24 nitrogen and oxygen atoms in total. The average Bonchev–Trinajstić information content (AvgIpc) is 3.63. The molecule has 3 aromatic carbocycles. The molecule has 1 heterocycles. The third-order valence-corrected chi connectivity index (χ3v) is 9.85. The van der Waals surface area contributed by atoms with Crippen LogP contribution in [0.25, 0.3) is 6.08 Å². The lowest BCUT2D eigenvalue weighted by Crippen LogP contribution is -2.54. The summed E-state index contributed by atoms with van der Waals surface area (Å²) in [7, 11) is 0. The van der Waals surface area contributed by atoms with Crippen LogP contribution in [0.15, 0.2) is 90.5 Å². The molecule has 0 aliphatic carbocycles. The quantitative estimate of drug-likeness (QED) is 0.0190. The lowest BCUT2D eigenvalue weighted by molar-refractivity contribution is -0.385. The molecule has 69 heavy (non-hydrogen) atoms. The lowest BCUT2D eigenvalue weighted by Gasteiger charge is -2.25. The molecule has 0 fully saturated rings. The largest absolute Gasteiger partial charge is 0.514 e. The van der Waals surface area contributed by atoms with E-state index in [4.69, 9.17) is 24.7 Å². The van der Waals surface area contributed by atoms with Crippen molar-refractivity contribution in [2.24, 2.45) is 11.7 Å². The minimum absolute atomic E-state index is 0.0532. The fraction of sp³-hybridized carbons (Fsp3) is 0.333. The van der Waals surface area contributed by atoms with Gasteiger partial charge in [0.15, 0.2) is 0 Å². The molecule has 1 aliphatic heterocycles. The molecule has 0 saturated carbocycles. The number of nitrogens with zero attached hydrogens (tertiary/aromatic N) is 3. The molecule has 366 valence electrons. The number of imide groups is 1. The van der Waals surface area contributed by atoms with Gasteiger partial charge in [0.05, 0.1) is 9.85 Å². The Bertz CT molecular complexity index is 2330. The zero-order valence-corrected chi connectivity index (χ0v) is 37.4. The zero-order valence-electron chi connectivity index (χ0n) is 37.4. The molecule has 1 aliphatic rings. The van der Waals surface area contributed by atoms with Crippen LogP contribution in [-0.2, 0) is 33.4 Å². The minimum Gasteiger partial charge on any atom is -0.429 e. The van der Waals surface area contributed by atoms with Gasteiger partial charge in [-0.15, -0.1) is 0 Å². The number of amides is 7. The number of primary amides is 1. The third kappa shape index (κ3) is 18.2. The molecule has 24 heteroatoms. The van der Waals surface area contributed by atoms with Crippen molar-refractivity contribution in [1.29, 1.82) is 0 Å². The van der Waals surface area contributed by atoms with Gasteiger partial charge in [0.25, 0.3) is 23.2 Å². The van der Waals surface area contributed by atoms with Gasteiger partial charge in [0.1, 0.15) is 36.8 Å². The van der Waals surface area contributed by atoms with Crippen molar-refractivity contribution >= 4 is 71.0 Å². The number of hydrogen-bond donors (Lipinski definition) is 5. The van der Waals surface area contributed by atoms with E-state index in [2.05, 4.69) is 21.3 Å². The monoisotopic (exact) mass is 958 g/mol. The van der Waals surface area contributed by atoms with Crippen LogP contribution in [0.1, 0.15) is 57.9 Å². The molecule has 0 aromatic heterocycles. The number of carbonyl (C=O) groups is 8. The van der Waals surface area contributed by atoms with Crippen LogP contribution in [0.2, 0.25) is 0 Å². The van der Waals surface area contributed by atoms with E-state index >= 15 is 0 Å². The summed E-state index contributed by atoms with van der Waals surface area (Å²) < 4.78 is 20.6. The smallest absolute Gasteiger partial charge is 0.429 e. The Morgan fingerprint density at radius 3 is 1.74 bits per heavy atom. The fourth-order valence-corrected chi connectivity index (χ4v) is 6.29. The molecule has 6 N–H and O–H groups in total. The van der Waals surface area contributed by atoms with Crippen LogP contribution >= 0.6 is 0 Å². The highest BCUT2D eigenvalue weighted by Gasteiger charge is 2.29. The highest BCUT2D eigenvalue weighted by atomic mass is 16.7. The third-order valence-electron chi connectivity index (χ3n) is 9.85. The lowest BCUT2D eigenvalue weighted by atomic mass is 10.0. The molecule has 0 bridgehead atoms. The topological polar surface area (TPSA) is 337 Å². The SMILES string of the molecule is CC(C)[C@H](NC(=O)CCCCCN1C(=O)C=CC1=O)C(=O)N[C@@H](CCCNC(N)=O)C(=O)Nc1ccc(C=C(COC(=O)Oc2ccc([N+](=O)[O-])cc2)COC(=O)Oc2ccc([N+](=O)[O-])cc2)cc1. The van der Waals surface area contributed by atoms with Gasteiger partial charge in [-0.25, -0.2) is 14.4 Å². The number of rotatable bonds is 25. The van der Waals surface area contributed by atoms with Gasteiger partial charge in [-0.3, -0.25) is 49.1 Å². The van der Waals surface area contributed by atoms with Crippen LogP contribution in [-0.4, -0.2) is 101 Å².